The van der Waals surface area contributed by atoms with Crippen molar-refractivity contribution in [3.8, 4) is 0 Å². The van der Waals surface area contributed by atoms with Crippen molar-refractivity contribution in [1.82, 2.24) is 4.31 Å². The zero-order chi connectivity index (χ0) is 17.6. The first-order chi connectivity index (χ1) is 11.5. The zero-order valence-corrected chi connectivity index (χ0v) is 15.8. The lowest BCUT2D eigenvalue weighted by molar-refractivity contribution is -0.116. The standard InChI is InChI=1S/C15H24N4O4S.ClH/c1-2-17-13-4-3-12(11-14(13)18-15(20)5-6-16)24(21,22)19-7-9-23-10-8-19;/h3-4,11,17H,2,5-10,16H2,1H3,(H,18,20);1H. The van der Waals surface area contributed by atoms with Gasteiger partial charge in [0.25, 0.3) is 0 Å². The first kappa shape index (κ1) is 21.7. The molecule has 1 aromatic carbocycles. The molecule has 1 heterocycles. The van der Waals surface area contributed by atoms with E-state index in [0.29, 0.717) is 44.2 Å². The van der Waals surface area contributed by atoms with Gasteiger partial charge >= 0.3 is 0 Å². The molecular weight excluding hydrogens is 368 g/mol. The van der Waals surface area contributed by atoms with Crippen LogP contribution in [0.2, 0.25) is 0 Å². The number of carbonyl (C=O) groups excluding carboxylic acids is 1. The van der Waals surface area contributed by atoms with Crippen LogP contribution in [0.4, 0.5) is 11.4 Å². The van der Waals surface area contributed by atoms with Crippen LogP contribution < -0.4 is 16.4 Å². The number of benzene rings is 1. The zero-order valence-electron chi connectivity index (χ0n) is 14.2. The van der Waals surface area contributed by atoms with Crippen LogP contribution in [0.5, 0.6) is 0 Å². The third-order valence-corrected chi connectivity index (χ3v) is 5.51. The molecule has 8 nitrogen and oxygen atoms in total. The number of sulfonamides is 1. The number of nitrogens with two attached hydrogens (primary N) is 1. The largest absolute Gasteiger partial charge is 0.384 e. The minimum absolute atomic E-state index is 0. The Hall–Kier alpha value is -1.39. The number of ether oxygens (including phenoxy) is 1. The minimum atomic E-state index is -3.61. The van der Waals surface area contributed by atoms with Crippen LogP contribution in [0.1, 0.15) is 13.3 Å². The summed E-state index contributed by atoms with van der Waals surface area (Å²) in [5.41, 5.74) is 6.49. The summed E-state index contributed by atoms with van der Waals surface area (Å²) in [6, 6.07) is 4.69. The van der Waals surface area contributed by atoms with Crippen molar-refractivity contribution in [3.63, 3.8) is 0 Å². The van der Waals surface area contributed by atoms with E-state index in [-0.39, 0.29) is 36.2 Å². The molecule has 1 aromatic rings. The maximum Gasteiger partial charge on any atom is 0.243 e. The molecule has 1 saturated heterocycles. The van der Waals surface area contributed by atoms with Crippen LogP contribution in [0, 0.1) is 0 Å². The molecule has 142 valence electrons. The molecule has 0 unspecified atom stereocenters. The van der Waals surface area contributed by atoms with Gasteiger partial charge in [-0.2, -0.15) is 4.31 Å². The molecule has 0 radical (unpaired) electrons. The van der Waals surface area contributed by atoms with E-state index in [9.17, 15) is 13.2 Å². The molecule has 0 spiro atoms. The van der Waals surface area contributed by atoms with Gasteiger partial charge in [-0.05, 0) is 25.1 Å². The van der Waals surface area contributed by atoms with Crippen molar-refractivity contribution in [2.45, 2.75) is 18.2 Å². The highest BCUT2D eigenvalue weighted by Gasteiger charge is 2.27. The summed E-state index contributed by atoms with van der Waals surface area (Å²) in [6.45, 7) is 4.22. The fraction of sp³-hybridized carbons (Fsp3) is 0.533. The average molecular weight is 393 g/mol. The molecule has 2 rings (SSSR count). The lowest BCUT2D eigenvalue weighted by Crippen LogP contribution is -2.40. The van der Waals surface area contributed by atoms with Gasteiger partial charge in [-0.15, -0.1) is 12.4 Å². The number of hydrogen-bond acceptors (Lipinski definition) is 6. The van der Waals surface area contributed by atoms with Gasteiger partial charge in [0.15, 0.2) is 0 Å². The minimum Gasteiger partial charge on any atom is -0.384 e. The van der Waals surface area contributed by atoms with Crippen molar-refractivity contribution in [3.05, 3.63) is 18.2 Å². The Morgan fingerprint density at radius 3 is 2.56 bits per heavy atom. The second kappa shape index (κ2) is 9.93. The fourth-order valence-electron chi connectivity index (χ4n) is 2.41. The Morgan fingerprint density at radius 2 is 1.96 bits per heavy atom. The van der Waals surface area contributed by atoms with Gasteiger partial charge in [0.1, 0.15) is 0 Å². The van der Waals surface area contributed by atoms with E-state index in [1.165, 1.54) is 10.4 Å². The third kappa shape index (κ3) is 5.55. The van der Waals surface area contributed by atoms with Crippen molar-refractivity contribution in [1.29, 1.82) is 0 Å². The fourth-order valence-corrected chi connectivity index (χ4v) is 3.85. The topological polar surface area (TPSA) is 114 Å². The predicted octanol–water partition coefficient (Wildman–Crippen LogP) is 0.848. The summed E-state index contributed by atoms with van der Waals surface area (Å²) in [5.74, 6) is -0.252. The Bertz CT molecular complexity index is 678. The van der Waals surface area contributed by atoms with Gasteiger partial charge < -0.3 is 21.1 Å². The van der Waals surface area contributed by atoms with Crippen molar-refractivity contribution >= 4 is 39.7 Å². The second-order valence-electron chi connectivity index (χ2n) is 5.34. The van der Waals surface area contributed by atoms with Gasteiger partial charge in [-0.25, -0.2) is 8.42 Å². The molecular formula is C15H25ClN4O4S. The van der Waals surface area contributed by atoms with E-state index in [0.717, 1.165) is 0 Å². The highest BCUT2D eigenvalue weighted by molar-refractivity contribution is 7.89. The normalized spacial score (nSPS) is 15.3. The van der Waals surface area contributed by atoms with E-state index >= 15 is 0 Å². The number of hydrogen-bond donors (Lipinski definition) is 3. The molecule has 1 aliphatic rings. The number of nitrogens with one attached hydrogen (secondary N) is 2. The molecule has 0 bridgehead atoms. The maximum atomic E-state index is 12.7. The quantitative estimate of drug-likeness (QED) is 0.633. The maximum absolute atomic E-state index is 12.7. The van der Waals surface area contributed by atoms with E-state index < -0.39 is 10.0 Å². The van der Waals surface area contributed by atoms with Crippen LogP contribution in [0.3, 0.4) is 0 Å². The lowest BCUT2D eigenvalue weighted by atomic mass is 10.2. The molecule has 0 aliphatic carbocycles. The summed E-state index contributed by atoms with van der Waals surface area (Å²) in [6.07, 6.45) is 0.173. The molecule has 25 heavy (non-hydrogen) atoms. The van der Waals surface area contributed by atoms with E-state index in [1.54, 1.807) is 12.1 Å². The van der Waals surface area contributed by atoms with Crippen LogP contribution >= 0.6 is 12.4 Å². The molecule has 10 heteroatoms. The third-order valence-electron chi connectivity index (χ3n) is 3.61. The summed E-state index contributed by atoms with van der Waals surface area (Å²) in [4.78, 5) is 12.0. The van der Waals surface area contributed by atoms with Crippen molar-refractivity contribution in [2.75, 3.05) is 50.0 Å². The Balaban J connectivity index is 0.00000312. The Morgan fingerprint density at radius 1 is 1.28 bits per heavy atom. The molecule has 1 aliphatic heterocycles. The number of nitrogens with zero attached hydrogens (tertiary/aromatic N) is 1. The summed E-state index contributed by atoms with van der Waals surface area (Å²) in [5, 5.41) is 5.83. The Kier molecular flexibility index (Phi) is 8.60. The summed E-state index contributed by atoms with van der Waals surface area (Å²) >= 11 is 0. The number of carbonyl (C=O) groups is 1. The average Bonchev–Trinajstić information content (AvgIpc) is 2.57. The predicted molar refractivity (Wildman–Crippen MR) is 99.7 cm³/mol. The lowest BCUT2D eigenvalue weighted by Gasteiger charge is -2.26. The second-order valence-corrected chi connectivity index (χ2v) is 7.28. The van der Waals surface area contributed by atoms with Gasteiger partial charge in [0, 0.05) is 32.6 Å². The number of rotatable bonds is 7. The summed E-state index contributed by atoms with van der Waals surface area (Å²) < 4.78 is 32.1. The smallest absolute Gasteiger partial charge is 0.243 e. The number of anilines is 2. The SMILES string of the molecule is CCNc1ccc(S(=O)(=O)N2CCOCC2)cc1NC(=O)CCN.Cl. The highest BCUT2D eigenvalue weighted by atomic mass is 35.5. The van der Waals surface area contributed by atoms with Gasteiger partial charge in [0.2, 0.25) is 15.9 Å². The molecule has 1 amide bonds. The molecule has 1 fully saturated rings. The van der Waals surface area contributed by atoms with Crippen LogP contribution in [-0.2, 0) is 19.6 Å². The number of amides is 1. The molecule has 0 atom stereocenters. The number of morpholine rings is 1. The first-order valence-electron chi connectivity index (χ1n) is 7.94. The van der Waals surface area contributed by atoms with Crippen LogP contribution in [0.25, 0.3) is 0 Å². The molecule has 0 saturated carbocycles. The monoisotopic (exact) mass is 392 g/mol. The molecule has 0 aromatic heterocycles. The number of halogens is 1. The van der Waals surface area contributed by atoms with Crippen LogP contribution in [0.15, 0.2) is 23.1 Å². The summed E-state index contributed by atoms with van der Waals surface area (Å²) in [7, 11) is -3.61. The van der Waals surface area contributed by atoms with Crippen molar-refractivity contribution in [2.24, 2.45) is 5.73 Å². The van der Waals surface area contributed by atoms with Crippen molar-refractivity contribution < 1.29 is 17.9 Å². The first-order valence-corrected chi connectivity index (χ1v) is 9.38. The van der Waals surface area contributed by atoms with Gasteiger partial charge in [-0.1, -0.05) is 0 Å². The highest BCUT2D eigenvalue weighted by Crippen LogP contribution is 2.27. The van der Waals surface area contributed by atoms with Crippen LogP contribution in [-0.4, -0.2) is 58.0 Å². The Labute approximate surface area is 154 Å². The van der Waals surface area contributed by atoms with E-state index in [4.69, 9.17) is 10.5 Å². The van der Waals surface area contributed by atoms with E-state index in [2.05, 4.69) is 10.6 Å². The van der Waals surface area contributed by atoms with Gasteiger partial charge in [-0.3, -0.25) is 4.79 Å². The van der Waals surface area contributed by atoms with Gasteiger partial charge in [0.05, 0.1) is 29.5 Å². The van der Waals surface area contributed by atoms with E-state index in [1.807, 2.05) is 6.92 Å². The molecule has 4 N–H and O–H groups in total.